The number of hydrogen-bond donors (Lipinski definition) is 1. The van der Waals surface area contributed by atoms with Crippen LogP contribution in [0.3, 0.4) is 0 Å². The quantitative estimate of drug-likeness (QED) is 0.759. The molecule has 0 bridgehead atoms. The second-order valence-corrected chi connectivity index (χ2v) is 5.83. The van der Waals surface area contributed by atoms with Crippen LogP contribution in [0.1, 0.15) is 21.5 Å². The molecule has 0 aliphatic carbocycles. The van der Waals surface area contributed by atoms with Crippen molar-refractivity contribution in [1.82, 2.24) is 0 Å². The highest BCUT2D eigenvalue weighted by molar-refractivity contribution is 6.32. The number of carboxylic acid groups (broad SMARTS) is 1. The third-order valence-electron chi connectivity index (χ3n) is 3.19. The van der Waals surface area contributed by atoms with Crippen molar-refractivity contribution in [3.05, 3.63) is 57.1 Å². The van der Waals surface area contributed by atoms with Crippen LogP contribution in [0, 0.1) is 13.8 Å². The Labute approximate surface area is 144 Å². The first-order valence-corrected chi connectivity index (χ1v) is 7.69. The van der Waals surface area contributed by atoms with E-state index in [0.717, 1.165) is 16.1 Å². The van der Waals surface area contributed by atoms with Gasteiger partial charge in [0.15, 0.2) is 0 Å². The van der Waals surface area contributed by atoms with E-state index >= 15 is 0 Å². The zero-order chi connectivity index (χ0) is 17.0. The molecule has 0 saturated heterocycles. The minimum absolute atomic E-state index is 0.0626. The van der Waals surface area contributed by atoms with Gasteiger partial charge in [-0.15, -0.1) is 0 Å². The molecule has 6 heteroatoms. The van der Waals surface area contributed by atoms with Crippen molar-refractivity contribution in [1.29, 1.82) is 0 Å². The van der Waals surface area contributed by atoms with Gasteiger partial charge in [0.25, 0.3) is 0 Å². The number of ether oxygens (including phenoxy) is 2. The van der Waals surface area contributed by atoms with Crippen LogP contribution in [0.15, 0.2) is 30.3 Å². The van der Waals surface area contributed by atoms with E-state index in [4.69, 9.17) is 37.8 Å². The van der Waals surface area contributed by atoms with Crippen molar-refractivity contribution in [2.45, 2.75) is 13.8 Å². The Morgan fingerprint density at radius 1 is 1.04 bits per heavy atom. The van der Waals surface area contributed by atoms with Crippen molar-refractivity contribution in [3.63, 3.8) is 0 Å². The number of hydrogen-bond acceptors (Lipinski definition) is 3. The average molecular weight is 355 g/mol. The molecule has 0 aliphatic heterocycles. The Morgan fingerprint density at radius 2 is 1.65 bits per heavy atom. The third-order valence-corrected chi connectivity index (χ3v) is 4.02. The lowest BCUT2D eigenvalue weighted by Gasteiger charge is -2.12. The first kappa shape index (κ1) is 17.4. The summed E-state index contributed by atoms with van der Waals surface area (Å²) in [5, 5.41) is 10.2. The maximum atomic E-state index is 11.1. The minimum atomic E-state index is -1.07. The molecule has 0 spiro atoms. The summed E-state index contributed by atoms with van der Waals surface area (Å²) in [6.07, 6.45) is 0. The van der Waals surface area contributed by atoms with E-state index in [0.29, 0.717) is 10.8 Å². The molecule has 0 unspecified atom stereocenters. The molecule has 0 fully saturated rings. The molecule has 23 heavy (non-hydrogen) atoms. The Bertz CT molecular complexity index is 706. The van der Waals surface area contributed by atoms with Gasteiger partial charge in [-0.2, -0.15) is 0 Å². The number of aromatic carboxylic acids is 1. The van der Waals surface area contributed by atoms with Crippen molar-refractivity contribution >= 4 is 29.2 Å². The minimum Gasteiger partial charge on any atom is -0.490 e. The van der Waals surface area contributed by atoms with E-state index in [-0.39, 0.29) is 24.5 Å². The van der Waals surface area contributed by atoms with Gasteiger partial charge >= 0.3 is 5.97 Å². The van der Waals surface area contributed by atoms with Crippen LogP contribution in [0.2, 0.25) is 10.0 Å². The van der Waals surface area contributed by atoms with Gasteiger partial charge in [0.05, 0.1) is 0 Å². The highest BCUT2D eigenvalue weighted by atomic mass is 35.5. The van der Waals surface area contributed by atoms with Gasteiger partial charge in [0.2, 0.25) is 0 Å². The van der Waals surface area contributed by atoms with Crippen LogP contribution >= 0.6 is 23.2 Å². The molecule has 0 atom stereocenters. The number of carboxylic acids is 1. The predicted molar refractivity (Wildman–Crippen MR) is 90.3 cm³/mol. The number of aryl methyl sites for hydroxylation is 2. The first-order valence-electron chi connectivity index (χ1n) is 6.93. The number of halogens is 2. The summed E-state index contributed by atoms with van der Waals surface area (Å²) < 4.78 is 11.1. The highest BCUT2D eigenvalue weighted by Crippen LogP contribution is 2.26. The van der Waals surface area contributed by atoms with Crippen molar-refractivity contribution in [3.8, 4) is 11.5 Å². The summed E-state index contributed by atoms with van der Waals surface area (Å²) in [6.45, 7) is 4.28. The summed E-state index contributed by atoms with van der Waals surface area (Å²) in [5.41, 5.74) is 1.93. The topological polar surface area (TPSA) is 55.8 Å². The maximum absolute atomic E-state index is 11.1. The van der Waals surface area contributed by atoms with E-state index in [1.54, 1.807) is 0 Å². The monoisotopic (exact) mass is 354 g/mol. The molecule has 2 aromatic carbocycles. The van der Waals surface area contributed by atoms with Gasteiger partial charge in [-0.25, -0.2) is 4.79 Å². The van der Waals surface area contributed by atoms with Crippen LogP contribution in [0.5, 0.6) is 11.5 Å². The van der Waals surface area contributed by atoms with Gasteiger partial charge in [0, 0.05) is 10.0 Å². The lowest BCUT2D eigenvalue weighted by molar-refractivity contribution is 0.0691. The lowest BCUT2D eigenvalue weighted by Crippen LogP contribution is -2.11. The Morgan fingerprint density at radius 3 is 2.26 bits per heavy atom. The van der Waals surface area contributed by atoms with Gasteiger partial charge in [-0.3, -0.25) is 0 Å². The largest absolute Gasteiger partial charge is 0.490 e. The Balaban J connectivity index is 1.96. The SMILES string of the molecule is Cc1cc(OCCOc2cc(Cl)ccc2C(=O)O)cc(C)c1Cl. The van der Waals surface area contributed by atoms with Crippen LogP contribution < -0.4 is 9.47 Å². The van der Waals surface area contributed by atoms with Gasteiger partial charge in [-0.05, 0) is 55.3 Å². The van der Waals surface area contributed by atoms with Crippen molar-refractivity contribution in [2.24, 2.45) is 0 Å². The summed E-state index contributed by atoms with van der Waals surface area (Å²) >= 11 is 12.0. The molecule has 0 amide bonds. The highest BCUT2D eigenvalue weighted by Gasteiger charge is 2.12. The van der Waals surface area contributed by atoms with E-state index in [9.17, 15) is 4.79 Å². The molecular weight excluding hydrogens is 339 g/mol. The average Bonchev–Trinajstić information content (AvgIpc) is 2.48. The van der Waals surface area contributed by atoms with Crippen LogP contribution in [0.25, 0.3) is 0 Å². The molecule has 0 radical (unpaired) electrons. The van der Waals surface area contributed by atoms with Crippen LogP contribution in [-0.2, 0) is 0 Å². The second-order valence-electron chi connectivity index (χ2n) is 5.01. The first-order chi connectivity index (χ1) is 10.9. The van der Waals surface area contributed by atoms with Crippen LogP contribution in [0.4, 0.5) is 0 Å². The summed E-state index contributed by atoms with van der Waals surface area (Å²) in [6, 6.07) is 8.08. The molecule has 4 nitrogen and oxygen atoms in total. The zero-order valence-electron chi connectivity index (χ0n) is 12.7. The van der Waals surface area contributed by atoms with E-state index in [1.807, 2.05) is 26.0 Å². The lowest BCUT2D eigenvalue weighted by atomic mass is 10.1. The van der Waals surface area contributed by atoms with Gasteiger partial charge in [-0.1, -0.05) is 23.2 Å². The zero-order valence-corrected chi connectivity index (χ0v) is 14.2. The summed E-state index contributed by atoms with van der Waals surface area (Å²) in [5.74, 6) is -0.156. The molecular formula is C17H16Cl2O4. The van der Waals surface area contributed by atoms with Crippen LogP contribution in [-0.4, -0.2) is 24.3 Å². The summed E-state index contributed by atoms with van der Waals surface area (Å²) in [4.78, 5) is 11.1. The Hall–Kier alpha value is -1.91. The Kier molecular flexibility index (Phi) is 5.74. The standard InChI is InChI=1S/C17H16Cl2O4/c1-10-7-13(8-11(2)16(10)19)22-5-6-23-15-9-12(18)3-4-14(15)17(20)21/h3-4,7-9H,5-6H2,1-2H3,(H,20,21). The molecule has 0 heterocycles. The molecule has 0 aliphatic rings. The fourth-order valence-electron chi connectivity index (χ4n) is 2.09. The second kappa shape index (κ2) is 7.57. The van der Waals surface area contributed by atoms with Gasteiger partial charge in [0.1, 0.15) is 30.3 Å². The predicted octanol–water partition coefficient (Wildman–Crippen LogP) is 4.77. The fraction of sp³-hybridized carbons (Fsp3) is 0.235. The molecule has 0 saturated carbocycles. The van der Waals surface area contributed by atoms with E-state index in [1.165, 1.54) is 18.2 Å². The third kappa shape index (κ3) is 4.53. The number of rotatable bonds is 6. The number of benzene rings is 2. The molecule has 0 aromatic heterocycles. The fourth-order valence-corrected chi connectivity index (χ4v) is 2.36. The smallest absolute Gasteiger partial charge is 0.339 e. The molecule has 122 valence electrons. The maximum Gasteiger partial charge on any atom is 0.339 e. The van der Waals surface area contributed by atoms with Gasteiger partial charge < -0.3 is 14.6 Å². The summed E-state index contributed by atoms with van der Waals surface area (Å²) in [7, 11) is 0. The van der Waals surface area contributed by atoms with Crippen molar-refractivity contribution in [2.75, 3.05) is 13.2 Å². The normalized spacial score (nSPS) is 10.4. The van der Waals surface area contributed by atoms with Crippen molar-refractivity contribution < 1.29 is 19.4 Å². The molecule has 1 N–H and O–H groups in total. The van der Waals surface area contributed by atoms with E-state index in [2.05, 4.69) is 0 Å². The number of carbonyl (C=O) groups is 1. The molecule has 2 rings (SSSR count). The molecule has 2 aromatic rings. The van der Waals surface area contributed by atoms with E-state index < -0.39 is 5.97 Å².